The predicted octanol–water partition coefficient (Wildman–Crippen LogP) is -0.0284. The molecule has 164 valence electrons. The van der Waals surface area contributed by atoms with Crippen molar-refractivity contribution in [1.82, 2.24) is 10.8 Å². The lowest BCUT2D eigenvalue weighted by Gasteiger charge is -2.19. The van der Waals surface area contributed by atoms with Gasteiger partial charge in [-0.15, -0.1) is 0 Å². The highest BCUT2D eigenvalue weighted by molar-refractivity contribution is 5.97. The summed E-state index contributed by atoms with van der Waals surface area (Å²) in [6, 6.07) is 11.9. The van der Waals surface area contributed by atoms with Crippen LogP contribution in [0.5, 0.6) is 0 Å². The van der Waals surface area contributed by atoms with Gasteiger partial charge in [-0.1, -0.05) is 24.0 Å². The highest BCUT2D eigenvalue weighted by atomic mass is 16.5. The highest BCUT2D eigenvalue weighted by Crippen LogP contribution is 2.13. The number of benzene rings is 2. The monoisotopic (exact) mass is 434 g/mol. The first kappa shape index (κ1) is 24.1. The van der Waals surface area contributed by atoms with Gasteiger partial charge in [-0.05, 0) is 55.2 Å². The summed E-state index contributed by atoms with van der Waals surface area (Å²) < 4.78 is 0. The molecule has 3 amide bonds. The zero-order valence-corrected chi connectivity index (χ0v) is 17.2. The van der Waals surface area contributed by atoms with Gasteiger partial charge >= 0.3 is 0 Å². The summed E-state index contributed by atoms with van der Waals surface area (Å²) in [6.07, 6.45) is -1.21. The van der Waals surface area contributed by atoms with Gasteiger partial charge in [0.1, 0.15) is 6.04 Å². The summed E-state index contributed by atoms with van der Waals surface area (Å²) in [5.41, 5.74) is 8.67. The average molecular weight is 434 g/mol. The topological polar surface area (TPSA) is 154 Å². The first-order valence-corrected chi connectivity index (χ1v) is 9.49. The number of carbonyl (C=O) groups excluding carboxylic acids is 3. The van der Waals surface area contributed by atoms with Crippen molar-refractivity contribution < 1.29 is 24.7 Å². The van der Waals surface area contributed by atoms with Crippen molar-refractivity contribution in [1.29, 1.82) is 0 Å². The van der Waals surface area contributed by atoms with Crippen LogP contribution in [0.3, 0.4) is 0 Å². The van der Waals surface area contributed by atoms with E-state index in [2.05, 4.69) is 34.3 Å². The molecule has 9 heteroatoms. The minimum atomic E-state index is -1.31. The number of hydrogen-bond acceptors (Lipinski definition) is 6. The molecule has 0 saturated carbocycles. The first-order chi connectivity index (χ1) is 15.3. The molecule has 0 radical (unpaired) electrons. The highest BCUT2D eigenvalue weighted by Gasteiger charge is 2.25. The van der Waals surface area contributed by atoms with Crippen LogP contribution in [0.15, 0.2) is 48.5 Å². The lowest BCUT2D eigenvalue weighted by Crippen LogP contribution is -2.51. The predicted molar refractivity (Wildman–Crippen MR) is 117 cm³/mol. The number of hydrogen-bond donors (Lipinski definition) is 6. The molecule has 32 heavy (non-hydrogen) atoms. The third kappa shape index (κ3) is 6.97. The van der Waals surface area contributed by atoms with E-state index in [4.69, 9.17) is 10.9 Å². The second-order valence-corrected chi connectivity index (χ2v) is 6.54. The Kier molecular flexibility index (Phi) is 8.96. The number of rotatable bonds is 6. The van der Waals surface area contributed by atoms with E-state index in [-0.39, 0.29) is 18.0 Å². The fourth-order valence-electron chi connectivity index (χ4n) is 2.51. The second kappa shape index (κ2) is 11.9. The van der Waals surface area contributed by atoms with Gasteiger partial charge in [0, 0.05) is 16.7 Å². The molecule has 0 aliphatic carbocycles. The fourth-order valence-corrected chi connectivity index (χ4v) is 2.51. The molecule has 0 bridgehead atoms. The van der Waals surface area contributed by atoms with Gasteiger partial charge in [-0.2, -0.15) is 0 Å². The summed E-state index contributed by atoms with van der Waals surface area (Å²) in [5, 5.41) is 23.3. The van der Waals surface area contributed by atoms with Gasteiger partial charge < -0.3 is 21.5 Å². The van der Waals surface area contributed by atoms with E-state index in [0.717, 1.165) is 0 Å². The van der Waals surface area contributed by atoms with Crippen molar-refractivity contribution in [2.24, 2.45) is 5.73 Å². The molecule has 0 unspecified atom stereocenters. The number of para-hydroxylation sites is 1. The Labute approximate surface area is 185 Å². The van der Waals surface area contributed by atoms with E-state index in [1.165, 1.54) is 24.5 Å². The summed E-state index contributed by atoms with van der Waals surface area (Å²) in [7, 11) is 0. The third-order valence-corrected chi connectivity index (χ3v) is 4.16. The van der Waals surface area contributed by atoms with Crippen LogP contribution in [-0.4, -0.2) is 46.7 Å². The van der Waals surface area contributed by atoms with E-state index in [1.54, 1.807) is 36.4 Å². The number of aliphatic hydroxyl groups is 1. The van der Waals surface area contributed by atoms with Gasteiger partial charge in [-0.25, -0.2) is 5.48 Å². The number of nitrogens with one attached hydrogen (secondary N) is 3. The number of nitrogens with two attached hydrogens (primary N) is 1. The molecule has 0 aliphatic heterocycles. The van der Waals surface area contributed by atoms with E-state index in [9.17, 15) is 19.5 Å². The molecule has 2 atom stereocenters. The molecule has 2 aromatic rings. The van der Waals surface area contributed by atoms with Crippen LogP contribution >= 0.6 is 0 Å². The molecular weight excluding hydrogens is 412 g/mol. The van der Waals surface area contributed by atoms with Crippen LogP contribution < -0.4 is 21.8 Å². The molecular formula is C23H22N4O5. The molecule has 0 heterocycles. The van der Waals surface area contributed by atoms with Crippen LogP contribution in [0.2, 0.25) is 0 Å². The van der Waals surface area contributed by atoms with Crippen LogP contribution in [0, 0.1) is 23.7 Å². The number of anilines is 1. The van der Waals surface area contributed by atoms with Crippen LogP contribution in [-0.2, 0) is 9.59 Å². The Morgan fingerprint density at radius 2 is 1.69 bits per heavy atom. The van der Waals surface area contributed by atoms with Crippen molar-refractivity contribution >= 4 is 23.4 Å². The van der Waals surface area contributed by atoms with Crippen LogP contribution in [0.25, 0.3) is 0 Å². The van der Waals surface area contributed by atoms with Crippen molar-refractivity contribution in [3.63, 3.8) is 0 Å². The smallest absolute Gasteiger partial charge is 0.268 e. The van der Waals surface area contributed by atoms with Gasteiger partial charge in [0.05, 0.1) is 18.3 Å². The minimum Gasteiger partial charge on any atom is -0.391 e. The Morgan fingerprint density at radius 1 is 1.03 bits per heavy atom. The first-order valence-electron chi connectivity index (χ1n) is 9.49. The Hall–Kier alpha value is -4.15. The van der Waals surface area contributed by atoms with Gasteiger partial charge in [0.15, 0.2) is 0 Å². The zero-order valence-electron chi connectivity index (χ0n) is 17.2. The van der Waals surface area contributed by atoms with Crippen LogP contribution in [0.1, 0.15) is 28.4 Å². The van der Waals surface area contributed by atoms with Crippen molar-refractivity contribution in [3.05, 3.63) is 65.2 Å². The molecule has 0 fully saturated rings. The van der Waals surface area contributed by atoms with E-state index >= 15 is 0 Å². The van der Waals surface area contributed by atoms with Crippen molar-refractivity contribution in [2.75, 3.05) is 11.9 Å². The lowest BCUT2D eigenvalue weighted by atomic mass is 10.1. The van der Waals surface area contributed by atoms with Gasteiger partial charge in [0.25, 0.3) is 11.8 Å². The maximum Gasteiger partial charge on any atom is 0.268 e. The Bertz CT molecular complexity index is 1100. The largest absolute Gasteiger partial charge is 0.391 e. The number of aliphatic hydroxyl groups excluding tert-OH is 1. The second-order valence-electron chi connectivity index (χ2n) is 6.54. The number of amides is 3. The maximum absolute atomic E-state index is 12.3. The molecule has 2 aromatic carbocycles. The lowest BCUT2D eigenvalue weighted by molar-refractivity contribution is -0.133. The van der Waals surface area contributed by atoms with Gasteiger partial charge in [0.2, 0.25) is 5.91 Å². The van der Waals surface area contributed by atoms with Gasteiger partial charge in [-0.3, -0.25) is 19.6 Å². The SMILES string of the molecule is C[C@@H](O)[C@H](NC(=O)c1ccc(C#CC#Cc2ccccc2NC(=O)CN)cc1)C(=O)NO. The summed E-state index contributed by atoms with van der Waals surface area (Å²) in [5.74, 6) is 9.25. The molecule has 2 rings (SSSR count). The van der Waals surface area contributed by atoms with Crippen molar-refractivity contribution in [2.45, 2.75) is 19.1 Å². The maximum atomic E-state index is 12.3. The van der Waals surface area contributed by atoms with Crippen LogP contribution in [0.4, 0.5) is 5.69 Å². The number of carbonyl (C=O) groups is 3. The van der Waals surface area contributed by atoms with E-state index in [1.807, 2.05) is 0 Å². The molecule has 7 N–H and O–H groups in total. The third-order valence-electron chi connectivity index (χ3n) is 4.16. The molecule has 0 aromatic heterocycles. The summed E-state index contributed by atoms with van der Waals surface area (Å²) in [6.45, 7) is 1.17. The number of hydroxylamine groups is 1. The Morgan fingerprint density at radius 3 is 2.31 bits per heavy atom. The molecule has 0 aliphatic rings. The fraction of sp³-hybridized carbons (Fsp3) is 0.174. The Balaban J connectivity index is 2.08. The molecule has 0 saturated heterocycles. The zero-order chi connectivity index (χ0) is 23.5. The quantitative estimate of drug-likeness (QED) is 0.213. The summed E-state index contributed by atoms with van der Waals surface area (Å²) in [4.78, 5) is 35.3. The average Bonchev–Trinajstić information content (AvgIpc) is 2.80. The normalized spacial score (nSPS) is 11.5. The van der Waals surface area contributed by atoms with E-state index in [0.29, 0.717) is 16.8 Å². The standard InChI is InChI=1S/C23H22N4O5/c1-15(28)21(23(31)27-32)26-22(30)18-12-10-16(11-13-18)6-2-3-7-17-8-4-5-9-19(17)25-20(29)14-24/h4-5,8-13,15,21,28,32H,14,24H2,1H3,(H,25,29)(H,26,30)(H,27,31)/t15-,21+/m1/s1. The van der Waals surface area contributed by atoms with Crippen molar-refractivity contribution in [3.8, 4) is 23.7 Å². The summed E-state index contributed by atoms with van der Waals surface area (Å²) >= 11 is 0. The molecule has 9 nitrogen and oxygen atoms in total. The molecule has 0 spiro atoms. The van der Waals surface area contributed by atoms with E-state index < -0.39 is 24.0 Å². The minimum absolute atomic E-state index is 0.135.